The van der Waals surface area contributed by atoms with Gasteiger partial charge in [-0.1, -0.05) is 0 Å². The van der Waals surface area contributed by atoms with Crippen molar-refractivity contribution >= 4 is 17.6 Å². The number of halogens is 1. The number of anilines is 1. The highest BCUT2D eigenvalue weighted by Gasteiger charge is 2.36. The molecule has 2 aliphatic heterocycles. The molecule has 2 N–H and O–H groups in total. The number of rotatable bonds is 3. The molecule has 0 radical (unpaired) electrons. The first-order valence-electron chi connectivity index (χ1n) is 8.10. The summed E-state index contributed by atoms with van der Waals surface area (Å²) in [6, 6.07) is 5.06. The third kappa shape index (κ3) is 3.76. The summed E-state index contributed by atoms with van der Waals surface area (Å²) in [5, 5.41) is 0. The molecule has 24 heavy (non-hydrogen) atoms. The second-order valence-electron chi connectivity index (χ2n) is 5.85. The van der Waals surface area contributed by atoms with Gasteiger partial charge in [0.2, 0.25) is 0 Å². The number of benzene rings is 1. The highest BCUT2D eigenvalue weighted by atomic mass is 19.1. The standard InChI is InChI=1S/C16H21FN4O3/c17-12-3-5-13(6-4-12)18-19-15(22)14-2-1-7-21(14)16(23)20-8-10-24-11-9-20/h3-6,14,18H,1-2,7-11H2,(H,19,22). The largest absolute Gasteiger partial charge is 0.378 e. The Morgan fingerprint density at radius 3 is 2.54 bits per heavy atom. The van der Waals surface area contributed by atoms with Gasteiger partial charge < -0.3 is 14.5 Å². The minimum Gasteiger partial charge on any atom is -0.378 e. The molecule has 2 aliphatic rings. The molecule has 8 heteroatoms. The number of urea groups is 1. The molecule has 2 fully saturated rings. The zero-order chi connectivity index (χ0) is 16.9. The highest BCUT2D eigenvalue weighted by molar-refractivity contribution is 5.88. The molecule has 3 amide bonds. The summed E-state index contributed by atoms with van der Waals surface area (Å²) in [6.07, 6.45) is 1.43. The van der Waals surface area contributed by atoms with Crippen molar-refractivity contribution < 1.29 is 18.7 Å². The van der Waals surface area contributed by atoms with Gasteiger partial charge in [0.1, 0.15) is 11.9 Å². The molecule has 0 aliphatic carbocycles. The number of nitrogens with one attached hydrogen (secondary N) is 2. The van der Waals surface area contributed by atoms with E-state index >= 15 is 0 Å². The van der Waals surface area contributed by atoms with E-state index in [4.69, 9.17) is 4.74 Å². The third-order valence-corrected chi connectivity index (χ3v) is 4.26. The van der Waals surface area contributed by atoms with E-state index in [1.165, 1.54) is 24.3 Å². The Labute approximate surface area is 139 Å². The molecular weight excluding hydrogens is 315 g/mol. The smallest absolute Gasteiger partial charge is 0.320 e. The zero-order valence-electron chi connectivity index (χ0n) is 13.3. The number of hydrogen-bond donors (Lipinski definition) is 2. The van der Waals surface area contributed by atoms with E-state index in [1.54, 1.807) is 9.80 Å². The average Bonchev–Trinajstić information content (AvgIpc) is 3.11. The van der Waals surface area contributed by atoms with Crippen LogP contribution in [0.5, 0.6) is 0 Å². The van der Waals surface area contributed by atoms with E-state index < -0.39 is 6.04 Å². The molecule has 1 unspecified atom stereocenters. The quantitative estimate of drug-likeness (QED) is 0.813. The number of amides is 3. The van der Waals surface area contributed by atoms with Gasteiger partial charge in [-0.05, 0) is 37.1 Å². The van der Waals surface area contributed by atoms with Gasteiger partial charge in [0.15, 0.2) is 0 Å². The van der Waals surface area contributed by atoms with E-state index in [2.05, 4.69) is 10.9 Å². The van der Waals surface area contributed by atoms with Crippen molar-refractivity contribution in [3.8, 4) is 0 Å². The normalized spacial score (nSPS) is 20.8. The van der Waals surface area contributed by atoms with Crippen molar-refractivity contribution in [1.29, 1.82) is 0 Å². The first kappa shape index (κ1) is 16.5. The van der Waals surface area contributed by atoms with Crippen LogP contribution in [0.3, 0.4) is 0 Å². The van der Waals surface area contributed by atoms with Gasteiger partial charge in [0.25, 0.3) is 5.91 Å². The molecular formula is C16H21FN4O3. The molecule has 7 nitrogen and oxygen atoms in total. The first-order chi connectivity index (χ1) is 11.6. The molecule has 0 aromatic heterocycles. The summed E-state index contributed by atoms with van der Waals surface area (Å²) >= 11 is 0. The molecule has 0 saturated carbocycles. The summed E-state index contributed by atoms with van der Waals surface area (Å²) in [5.74, 6) is -0.608. The van der Waals surface area contributed by atoms with E-state index in [0.717, 1.165) is 6.42 Å². The van der Waals surface area contributed by atoms with Crippen molar-refractivity contribution in [1.82, 2.24) is 15.2 Å². The van der Waals surface area contributed by atoms with Crippen LogP contribution in [0.15, 0.2) is 24.3 Å². The molecule has 2 heterocycles. The van der Waals surface area contributed by atoms with E-state index in [9.17, 15) is 14.0 Å². The molecule has 0 bridgehead atoms. The van der Waals surface area contributed by atoms with E-state index in [1.807, 2.05) is 0 Å². The number of ether oxygens (including phenoxy) is 1. The maximum Gasteiger partial charge on any atom is 0.320 e. The maximum absolute atomic E-state index is 12.9. The number of hydrogen-bond acceptors (Lipinski definition) is 4. The van der Waals surface area contributed by atoms with Gasteiger partial charge >= 0.3 is 6.03 Å². The van der Waals surface area contributed by atoms with Gasteiger partial charge in [-0.3, -0.25) is 15.6 Å². The van der Waals surface area contributed by atoms with Crippen molar-refractivity contribution in [2.45, 2.75) is 18.9 Å². The number of carbonyl (C=O) groups excluding carboxylic acids is 2. The van der Waals surface area contributed by atoms with Crippen LogP contribution in [0.1, 0.15) is 12.8 Å². The number of hydrazine groups is 1. The minimum atomic E-state index is -0.492. The Kier molecular flexibility index (Phi) is 5.14. The molecule has 2 saturated heterocycles. The lowest BCUT2D eigenvalue weighted by molar-refractivity contribution is -0.124. The summed E-state index contributed by atoms with van der Waals surface area (Å²) < 4.78 is 18.1. The van der Waals surface area contributed by atoms with Crippen LogP contribution in [0.25, 0.3) is 0 Å². The number of likely N-dealkylation sites (tertiary alicyclic amines) is 1. The lowest BCUT2D eigenvalue weighted by atomic mass is 10.2. The van der Waals surface area contributed by atoms with E-state index in [-0.39, 0.29) is 17.8 Å². The van der Waals surface area contributed by atoms with Crippen molar-refractivity contribution in [2.75, 3.05) is 38.3 Å². The van der Waals surface area contributed by atoms with Crippen molar-refractivity contribution in [3.63, 3.8) is 0 Å². The van der Waals surface area contributed by atoms with Crippen molar-refractivity contribution in [2.24, 2.45) is 0 Å². The Bertz CT molecular complexity index is 589. The van der Waals surface area contributed by atoms with Gasteiger partial charge in [0, 0.05) is 19.6 Å². The van der Waals surface area contributed by atoms with Crippen LogP contribution in [0.4, 0.5) is 14.9 Å². The van der Waals surface area contributed by atoms with Gasteiger partial charge in [0.05, 0.1) is 18.9 Å². The minimum absolute atomic E-state index is 0.113. The fraction of sp³-hybridized carbons (Fsp3) is 0.500. The topological polar surface area (TPSA) is 73.9 Å². The lowest BCUT2D eigenvalue weighted by Crippen LogP contribution is -2.53. The zero-order valence-corrected chi connectivity index (χ0v) is 13.3. The Morgan fingerprint density at radius 1 is 1.12 bits per heavy atom. The van der Waals surface area contributed by atoms with Crippen LogP contribution in [0, 0.1) is 5.82 Å². The van der Waals surface area contributed by atoms with Crippen molar-refractivity contribution in [3.05, 3.63) is 30.1 Å². The number of morpholine rings is 1. The highest BCUT2D eigenvalue weighted by Crippen LogP contribution is 2.20. The summed E-state index contributed by atoms with van der Waals surface area (Å²) in [6.45, 7) is 2.74. The molecule has 3 rings (SSSR count). The van der Waals surface area contributed by atoms with E-state index in [0.29, 0.717) is 45.0 Å². The summed E-state index contributed by atoms with van der Waals surface area (Å²) in [7, 11) is 0. The SMILES string of the molecule is O=C(NNc1ccc(F)cc1)C1CCCN1C(=O)N1CCOCC1. The van der Waals surface area contributed by atoms with Gasteiger partial charge in [-0.25, -0.2) is 9.18 Å². The Morgan fingerprint density at radius 2 is 1.83 bits per heavy atom. The van der Waals surface area contributed by atoms with Crippen LogP contribution < -0.4 is 10.9 Å². The van der Waals surface area contributed by atoms with Crippen LogP contribution in [-0.2, 0) is 9.53 Å². The third-order valence-electron chi connectivity index (χ3n) is 4.26. The van der Waals surface area contributed by atoms with Crippen LogP contribution >= 0.6 is 0 Å². The molecule has 130 valence electrons. The lowest BCUT2D eigenvalue weighted by Gasteiger charge is -2.33. The predicted octanol–water partition coefficient (Wildman–Crippen LogP) is 1.19. The summed E-state index contributed by atoms with van der Waals surface area (Å²) in [4.78, 5) is 28.3. The maximum atomic E-state index is 12.9. The van der Waals surface area contributed by atoms with Crippen LogP contribution in [-0.4, -0.2) is 60.6 Å². The number of nitrogens with zero attached hydrogens (tertiary/aromatic N) is 2. The Hall–Kier alpha value is -2.35. The Balaban J connectivity index is 1.56. The average molecular weight is 336 g/mol. The fourth-order valence-corrected chi connectivity index (χ4v) is 2.95. The number of carbonyl (C=O) groups is 2. The first-order valence-corrected chi connectivity index (χ1v) is 8.10. The molecule has 1 aromatic carbocycles. The fourth-order valence-electron chi connectivity index (χ4n) is 2.95. The van der Waals surface area contributed by atoms with Gasteiger partial charge in [-0.2, -0.15) is 0 Å². The second kappa shape index (κ2) is 7.48. The summed E-state index contributed by atoms with van der Waals surface area (Å²) in [5.41, 5.74) is 5.93. The van der Waals surface area contributed by atoms with Gasteiger partial charge in [-0.15, -0.1) is 0 Å². The second-order valence-corrected chi connectivity index (χ2v) is 5.85. The predicted molar refractivity (Wildman–Crippen MR) is 85.7 cm³/mol. The molecule has 1 aromatic rings. The van der Waals surface area contributed by atoms with Crippen LogP contribution in [0.2, 0.25) is 0 Å². The molecule has 0 spiro atoms. The molecule has 1 atom stereocenters. The monoisotopic (exact) mass is 336 g/mol.